The largest absolute Gasteiger partial charge is 0.296 e. The van der Waals surface area contributed by atoms with Crippen LogP contribution in [-0.2, 0) is 14.6 Å². The summed E-state index contributed by atoms with van der Waals surface area (Å²) in [5.74, 6) is -1.70. The van der Waals surface area contributed by atoms with Crippen molar-refractivity contribution in [2.24, 2.45) is 0 Å². The minimum absolute atomic E-state index is 0.493. The molecule has 0 aromatic heterocycles. The minimum Gasteiger partial charge on any atom is -0.296 e. The molecule has 0 aliphatic heterocycles. The standard InChI is InChI=1S/C13H14BrNO3S/c1-13(2,19(3,17)18)12(16)11(8-15)9-4-6-10(14)7-5-9/h4-7,11H,1-3H3. The van der Waals surface area contributed by atoms with Gasteiger partial charge < -0.3 is 0 Å². The summed E-state index contributed by atoms with van der Waals surface area (Å²) in [7, 11) is -3.58. The van der Waals surface area contributed by atoms with Crippen LogP contribution in [0.1, 0.15) is 25.3 Å². The molecule has 0 aliphatic rings. The molecule has 1 aromatic carbocycles. The Balaban J connectivity index is 3.23. The molecule has 19 heavy (non-hydrogen) atoms. The molecule has 0 radical (unpaired) electrons. The fourth-order valence-electron chi connectivity index (χ4n) is 1.47. The molecule has 0 amide bonds. The van der Waals surface area contributed by atoms with Crippen molar-refractivity contribution < 1.29 is 13.2 Å². The first-order valence-electron chi connectivity index (χ1n) is 5.50. The second-order valence-electron chi connectivity index (χ2n) is 4.76. The molecule has 6 heteroatoms. The van der Waals surface area contributed by atoms with Crippen LogP contribution in [0.4, 0.5) is 0 Å². The highest BCUT2D eigenvalue weighted by Crippen LogP contribution is 2.27. The van der Waals surface area contributed by atoms with Crippen molar-refractivity contribution >= 4 is 31.6 Å². The topological polar surface area (TPSA) is 75.0 Å². The molecule has 0 aliphatic carbocycles. The Hall–Kier alpha value is -1.19. The van der Waals surface area contributed by atoms with E-state index in [1.807, 2.05) is 6.07 Å². The van der Waals surface area contributed by atoms with Gasteiger partial charge in [0.2, 0.25) is 0 Å². The van der Waals surface area contributed by atoms with Gasteiger partial charge in [-0.2, -0.15) is 5.26 Å². The van der Waals surface area contributed by atoms with E-state index in [2.05, 4.69) is 15.9 Å². The Kier molecular flexibility index (Phi) is 4.54. The number of carbonyl (C=O) groups is 1. The van der Waals surface area contributed by atoms with E-state index < -0.39 is 26.3 Å². The van der Waals surface area contributed by atoms with Gasteiger partial charge in [0.25, 0.3) is 0 Å². The van der Waals surface area contributed by atoms with Crippen molar-refractivity contribution in [3.05, 3.63) is 34.3 Å². The van der Waals surface area contributed by atoms with Crippen molar-refractivity contribution in [3.63, 3.8) is 0 Å². The number of hydrogen-bond donors (Lipinski definition) is 0. The van der Waals surface area contributed by atoms with Gasteiger partial charge in [-0.1, -0.05) is 28.1 Å². The van der Waals surface area contributed by atoms with Gasteiger partial charge in [-0.25, -0.2) is 8.42 Å². The van der Waals surface area contributed by atoms with Crippen LogP contribution in [0.3, 0.4) is 0 Å². The highest BCUT2D eigenvalue weighted by molar-refractivity contribution is 9.10. The van der Waals surface area contributed by atoms with E-state index in [1.54, 1.807) is 24.3 Å². The van der Waals surface area contributed by atoms with Crippen LogP contribution in [0.15, 0.2) is 28.7 Å². The number of nitriles is 1. The summed E-state index contributed by atoms with van der Waals surface area (Å²) in [6.45, 7) is 2.65. The number of rotatable bonds is 4. The van der Waals surface area contributed by atoms with Gasteiger partial charge in [0.05, 0.1) is 6.07 Å². The molecule has 0 N–H and O–H groups in total. The summed E-state index contributed by atoms with van der Waals surface area (Å²) in [5, 5.41) is 9.17. The van der Waals surface area contributed by atoms with Crippen LogP contribution >= 0.6 is 15.9 Å². The summed E-state index contributed by atoms with van der Waals surface area (Å²) in [5.41, 5.74) is 0.493. The van der Waals surface area contributed by atoms with Crippen molar-refractivity contribution in [2.45, 2.75) is 24.5 Å². The molecule has 0 bridgehead atoms. The first-order valence-corrected chi connectivity index (χ1v) is 8.18. The van der Waals surface area contributed by atoms with Gasteiger partial charge in [0, 0.05) is 10.7 Å². The molecule has 0 spiro atoms. The Morgan fingerprint density at radius 3 is 2.16 bits per heavy atom. The lowest BCUT2D eigenvalue weighted by Crippen LogP contribution is -2.42. The molecule has 0 fully saturated rings. The molecular weight excluding hydrogens is 330 g/mol. The van der Waals surface area contributed by atoms with E-state index in [1.165, 1.54) is 13.8 Å². The third kappa shape index (κ3) is 3.23. The van der Waals surface area contributed by atoms with Gasteiger partial charge in [-0.15, -0.1) is 0 Å². The molecule has 0 heterocycles. The average Bonchev–Trinajstić information content (AvgIpc) is 2.30. The Labute approximate surface area is 121 Å². The average molecular weight is 344 g/mol. The van der Waals surface area contributed by atoms with Crippen molar-refractivity contribution in [1.82, 2.24) is 0 Å². The van der Waals surface area contributed by atoms with E-state index in [-0.39, 0.29) is 0 Å². The number of nitrogens with zero attached hydrogens (tertiary/aromatic N) is 1. The highest BCUT2D eigenvalue weighted by Gasteiger charge is 2.42. The predicted octanol–water partition coefficient (Wildman–Crippen LogP) is 2.45. The maximum atomic E-state index is 12.3. The summed E-state index contributed by atoms with van der Waals surface area (Å²) < 4.78 is 22.6. The number of hydrogen-bond acceptors (Lipinski definition) is 4. The van der Waals surface area contributed by atoms with E-state index in [4.69, 9.17) is 0 Å². The highest BCUT2D eigenvalue weighted by atomic mass is 79.9. The zero-order valence-corrected chi connectivity index (χ0v) is 13.2. The van der Waals surface area contributed by atoms with Crippen molar-refractivity contribution in [1.29, 1.82) is 5.26 Å². The number of carbonyl (C=O) groups excluding carboxylic acids is 1. The Bertz CT molecular complexity index is 627. The van der Waals surface area contributed by atoms with Gasteiger partial charge in [0.15, 0.2) is 15.6 Å². The summed E-state index contributed by atoms with van der Waals surface area (Å²) >= 11 is 3.26. The molecule has 1 unspecified atom stereocenters. The first kappa shape index (κ1) is 15.9. The molecule has 1 aromatic rings. The molecule has 0 saturated heterocycles. The van der Waals surface area contributed by atoms with Gasteiger partial charge in [-0.05, 0) is 31.5 Å². The molecule has 1 atom stereocenters. The quantitative estimate of drug-likeness (QED) is 0.841. The molecule has 1 rings (SSSR count). The van der Waals surface area contributed by atoms with Crippen LogP contribution in [-0.4, -0.2) is 25.2 Å². The van der Waals surface area contributed by atoms with Crippen LogP contribution < -0.4 is 0 Å². The zero-order chi connectivity index (χ0) is 14.8. The van der Waals surface area contributed by atoms with Gasteiger partial charge >= 0.3 is 0 Å². The first-order chi connectivity index (χ1) is 8.61. The number of benzene rings is 1. The third-order valence-electron chi connectivity index (χ3n) is 3.11. The fourth-order valence-corrected chi connectivity index (χ4v) is 2.22. The second-order valence-corrected chi connectivity index (χ2v) is 8.24. The molecule has 4 nitrogen and oxygen atoms in total. The summed E-state index contributed by atoms with van der Waals surface area (Å²) in [6, 6.07) is 8.57. The Morgan fingerprint density at radius 1 is 1.32 bits per heavy atom. The summed E-state index contributed by atoms with van der Waals surface area (Å²) in [6.07, 6.45) is 1.00. The maximum Gasteiger partial charge on any atom is 0.175 e. The second kappa shape index (κ2) is 5.43. The smallest absolute Gasteiger partial charge is 0.175 e. The van der Waals surface area contributed by atoms with E-state index in [0.29, 0.717) is 5.56 Å². The summed E-state index contributed by atoms with van der Waals surface area (Å²) in [4.78, 5) is 12.3. The number of ketones is 1. The molecule has 102 valence electrons. The normalized spacial score (nSPS) is 13.6. The minimum atomic E-state index is -3.58. The molecule has 0 saturated carbocycles. The van der Waals surface area contributed by atoms with E-state index in [0.717, 1.165) is 10.7 Å². The lowest BCUT2D eigenvalue weighted by molar-refractivity contribution is -0.121. The number of sulfone groups is 1. The zero-order valence-electron chi connectivity index (χ0n) is 10.8. The third-order valence-corrected chi connectivity index (χ3v) is 5.70. The van der Waals surface area contributed by atoms with Crippen LogP contribution in [0.5, 0.6) is 0 Å². The number of halogens is 1. The Morgan fingerprint density at radius 2 is 1.79 bits per heavy atom. The lowest BCUT2D eigenvalue weighted by Gasteiger charge is -2.23. The van der Waals surface area contributed by atoms with Crippen LogP contribution in [0, 0.1) is 11.3 Å². The van der Waals surface area contributed by atoms with Crippen LogP contribution in [0.2, 0.25) is 0 Å². The maximum absolute atomic E-state index is 12.3. The van der Waals surface area contributed by atoms with Crippen molar-refractivity contribution in [2.75, 3.05) is 6.26 Å². The monoisotopic (exact) mass is 343 g/mol. The SMILES string of the molecule is CC(C)(C(=O)C(C#N)c1ccc(Br)cc1)S(C)(=O)=O. The van der Waals surface area contributed by atoms with Gasteiger partial charge in [0.1, 0.15) is 10.7 Å². The van der Waals surface area contributed by atoms with Gasteiger partial charge in [-0.3, -0.25) is 4.79 Å². The predicted molar refractivity (Wildman–Crippen MR) is 76.4 cm³/mol. The van der Waals surface area contributed by atoms with E-state index in [9.17, 15) is 18.5 Å². The van der Waals surface area contributed by atoms with Crippen LogP contribution in [0.25, 0.3) is 0 Å². The van der Waals surface area contributed by atoms with Crippen molar-refractivity contribution in [3.8, 4) is 6.07 Å². The lowest BCUT2D eigenvalue weighted by atomic mass is 9.89. The number of Topliss-reactive ketones (excluding diaryl/α,β-unsaturated/α-hetero) is 1. The van der Waals surface area contributed by atoms with E-state index >= 15 is 0 Å². The molecular formula is C13H14BrNO3S. The fraction of sp³-hybridized carbons (Fsp3) is 0.385.